The SMILES string of the molecule is O=C(Cn1c(=O)oc2ccccc21)N[C@H]1CCO[C@H](CO)[C@H]1O. The number of benzene rings is 1. The van der Waals surface area contributed by atoms with Crippen molar-refractivity contribution in [2.24, 2.45) is 0 Å². The van der Waals surface area contributed by atoms with Crippen LogP contribution >= 0.6 is 0 Å². The minimum Gasteiger partial charge on any atom is -0.408 e. The number of aromatic nitrogens is 1. The number of oxazole rings is 1. The summed E-state index contributed by atoms with van der Waals surface area (Å²) < 4.78 is 11.5. The highest BCUT2D eigenvalue weighted by atomic mass is 16.5. The Labute approximate surface area is 131 Å². The first kappa shape index (κ1) is 15.7. The fourth-order valence-corrected chi connectivity index (χ4v) is 2.75. The lowest BCUT2D eigenvalue weighted by Crippen LogP contribution is -2.54. The van der Waals surface area contributed by atoms with E-state index < -0.39 is 29.9 Å². The molecule has 0 aliphatic carbocycles. The van der Waals surface area contributed by atoms with Crippen molar-refractivity contribution in [1.82, 2.24) is 9.88 Å². The van der Waals surface area contributed by atoms with E-state index in [0.29, 0.717) is 24.1 Å². The zero-order chi connectivity index (χ0) is 16.4. The highest BCUT2D eigenvalue weighted by Gasteiger charge is 2.33. The van der Waals surface area contributed by atoms with Gasteiger partial charge in [-0.3, -0.25) is 9.36 Å². The Kier molecular flexibility index (Phi) is 4.46. The van der Waals surface area contributed by atoms with Crippen molar-refractivity contribution in [3.8, 4) is 0 Å². The number of carbonyl (C=O) groups excluding carboxylic acids is 1. The molecular formula is C15H18N2O6. The molecule has 3 rings (SSSR count). The van der Waals surface area contributed by atoms with E-state index in [2.05, 4.69) is 5.32 Å². The third-order valence-corrected chi connectivity index (χ3v) is 3.96. The number of aliphatic hydroxyl groups is 2. The summed E-state index contributed by atoms with van der Waals surface area (Å²) in [5.74, 6) is -1.02. The lowest BCUT2D eigenvalue weighted by atomic mass is 10.00. The topological polar surface area (TPSA) is 114 Å². The molecule has 1 aromatic heterocycles. The Bertz CT molecular complexity index is 752. The van der Waals surface area contributed by atoms with Crippen LogP contribution in [0.2, 0.25) is 0 Å². The molecule has 1 amide bonds. The fraction of sp³-hybridized carbons (Fsp3) is 0.467. The van der Waals surface area contributed by atoms with Gasteiger partial charge in [-0.1, -0.05) is 12.1 Å². The lowest BCUT2D eigenvalue weighted by Gasteiger charge is -2.34. The lowest BCUT2D eigenvalue weighted by molar-refractivity contribution is -0.132. The number of hydrogen-bond donors (Lipinski definition) is 3. The van der Waals surface area contributed by atoms with Crippen LogP contribution < -0.4 is 11.1 Å². The monoisotopic (exact) mass is 322 g/mol. The van der Waals surface area contributed by atoms with Gasteiger partial charge in [-0.2, -0.15) is 0 Å². The third-order valence-electron chi connectivity index (χ3n) is 3.96. The molecule has 1 aliphatic heterocycles. The van der Waals surface area contributed by atoms with Crippen LogP contribution in [0.5, 0.6) is 0 Å². The molecule has 0 bridgehead atoms. The summed E-state index contributed by atoms with van der Waals surface area (Å²) in [5.41, 5.74) is 0.949. The van der Waals surface area contributed by atoms with Crippen molar-refractivity contribution in [3.05, 3.63) is 34.8 Å². The second-order valence-corrected chi connectivity index (χ2v) is 5.47. The maximum atomic E-state index is 12.2. The number of fused-ring (bicyclic) bond motifs is 1. The van der Waals surface area contributed by atoms with Crippen LogP contribution in [-0.4, -0.2) is 52.2 Å². The minimum absolute atomic E-state index is 0.205. The van der Waals surface area contributed by atoms with E-state index >= 15 is 0 Å². The maximum Gasteiger partial charge on any atom is 0.420 e. The summed E-state index contributed by atoms with van der Waals surface area (Å²) in [5, 5.41) is 21.8. The number of carbonyl (C=O) groups is 1. The summed E-state index contributed by atoms with van der Waals surface area (Å²) in [6.45, 7) is -0.190. The number of hydrogen-bond acceptors (Lipinski definition) is 6. The van der Waals surface area contributed by atoms with Gasteiger partial charge < -0.3 is 24.7 Å². The highest BCUT2D eigenvalue weighted by molar-refractivity contribution is 5.79. The molecule has 1 fully saturated rings. The first-order valence-corrected chi connectivity index (χ1v) is 7.38. The van der Waals surface area contributed by atoms with Crippen LogP contribution in [0.3, 0.4) is 0 Å². The fourth-order valence-electron chi connectivity index (χ4n) is 2.75. The van der Waals surface area contributed by atoms with Gasteiger partial charge in [0.25, 0.3) is 0 Å². The molecule has 0 saturated carbocycles. The second-order valence-electron chi connectivity index (χ2n) is 5.47. The molecule has 2 aromatic rings. The standard InChI is InChI=1S/C15H18N2O6/c18-8-12-14(20)9(5-6-22-12)16-13(19)7-17-10-3-1-2-4-11(10)23-15(17)21/h1-4,9,12,14,18,20H,5-8H2,(H,16,19)/t9-,12+,14-/m0/s1. The number of aliphatic hydroxyl groups excluding tert-OH is 2. The number of ether oxygens (including phenoxy) is 1. The predicted molar refractivity (Wildman–Crippen MR) is 79.9 cm³/mol. The number of nitrogens with zero attached hydrogens (tertiary/aromatic N) is 1. The van der Waals surface area contributed by atoms with E-state index in [0.717, 1.165) is 0 Å². The Morgan fingerprint density at radius 3 is 2.96 bits per heavy atom. The molecule has 3 atom stereocenters. The third kappa shape index (κ3) is 3.14. The minimum atomic E-state index is -0.990. The van der Waals surface area contributed by atoms with Crippen molar-refractivity contribution < 1.29 is 24.2 Å². The summed E-state index contributed by atoms with van der Waals surface area (Å²) in [6.07, 6.45) is -1.27. The van der Waals surface area contributed by atoms with Gasteiger partial charge in [-0.25, -0.2) is 4.79 Å². The van der Waals surface area contributed by atoms with E-state index in [1.54, 1.807) is 24.3 Å². The molecule has 124 valence electrons. The van der Waals surface area contributed by atoms with Crippen LogP contribution in [0.4, 0.5) is 0 Å². The zero-order valence-electron chi connectivity index (χ0n) is 12.3. The van der Waals surface area contributed by atoms with Gasteiger partial charge in [0.1, 0.15) is 18.8 Å². The zero-order valence-corrected chi connectivity index (χ0v) is 12.3. The van der Waals surface area contributed by atoms with Crippen molar-refractivity contribution in [2.75, 3.05) is 13.2 Å². The first-order valence-electron chi connectivity index (χ1n) is 7.38. The van der Waals surface area contributed by atoms with Gasteiger partial charge in [0.05, 0.1) is 18.2 Å². The molecule has 0 radical (unpaired) electrons. The van der Waals surface area contributed by atoms with Crippen LogP contribution in [-0.2, 0) is 16.1 Å². The molecule has 1 aromatic carbocycles. The van der Waals surface area contributed by atoms with E-state index in [9.17, 15) is 14.7 Å². The number of rotatable bonds is 4. The summed E-state index contributed by atoms with van der Waals surface area (Å²) >= 11 is 0. The Balaban J connectivity index is 1.71. The number of nitrogens with one attached hydrogen (secondary N) is 1. The summed E-state index contributed by atoms with van der Waals surface area (Å²) in [7, 11) is 0. The Morgan fingerprint density at radius 1 is 1.39 bits per heavy atom. The predicted octanol–water partition coefficient (Wildman–Crippen LogP) is -0.779. The molecule has 8 nitrogen and oxygen atoms in total. The van der Waals surface area contributed by atoms with Crippen LogP contribution in [0.15, 0.2) is 33.5 Å². The quantitative estimate of drug-likeness (QED) is 0.680. The molecule has 3 N–H and O–H groups in total. The molecule has 1 saturated heterocycles. The van der Waals surface area contributed by atoms with Crippen molar-refractivity contribution in [1.29, 1.82) is 0 Å². The smallest absolute Gasteiger partial charge is 0.408 e. The molecule has 0 spiro atoms. The number of para-hydroxylation sites is 2. The van der Waals surface area contributed by atoms with Gasteiger partial charge in [0.2, 0.25) is 5.91 Å². The van der Waals surface area contributed by atoms with Crippen molar-refractivity contribution in [3.63, 3.8) is 0 Å². The normalized spacial score (nSPS) is 24.7. The molecule has 8 heteroatoms. The van der Waals surface area contributed by atoms with Gasteiger partial charge in [-0.05, 0) is 18.6 Å². The molecule has 1 aliphatic rings. The first-order chi connectivity index (χ1) is 11.1. The van der Waals surface area contributed by atoms with Gasteiger partial charge in [-0.15, -0.1) is 0 Å². The Morgan fingerprint density at radius 2 is 2.17 bits per heavy atom. The van der Waals surface area contributed by atoms with Crippen LogP contribution in [0.25, 0.3) is 11.1 Å². The van der Waals surface area contributed by atoms with E-state index in [4.69, 9.17) is 14.3 Å². The van der Waals surface area contributed by atoms with Gasteiger partial charge >= 0.3 is 5.76 Å². The molecule has 0 unspecified atom stereocenters. The molecule has 2 heterocycles. The van der Waals surface area contributed by atoms with Crippen LogP contribution in [0.1, 0.15) is 6.42 Å². The second kappa shape index (κ2) is 6.53. The average Bonchev–Trinajstić information content (AvgIpc) is 2.85. The number of amides is 1. The molecular weight excluding hydrogens is 304 g/mol. The van der Waals surface area contributed by atoms with E-state index in [1.807, 2.05) is 0 Å². The molecule has 23 heavy (non-hydrogen) atoms. The van der Waals surface area contributed by atoms with E-state index in [1.165, 1.54) is 4.57 Å². The maximum absolute atomic E-state index is 12.2. The van der Waals surface area contributed by atoms with Gasteiger partial charge in [0.15, 0.2) is 5.58 Å². The van der Waals surface area contributed by atoms with Gasteiger partial charge in [0, 0.05) is 6.61 Å². The average molecular weight is 322 g/mol. The highest BCUT2D eigenvalue weighted by Crippen LogP contribution is 2.15. The van der Waals surface area contributed by atoms with Crippen molar-refractivity contribution in [2.45, 2.75) is 31.2 Å². The van der Waals surface area contributed by atoms with Crippen molar-refractivity contribution >= 4 is 17.0 Å². The Hall–Kier alpha value is -2.16. The summed E-state index contributed by atoms with van der Waals surface area (Å²) in [4.78, 5) is 24.0. The largest absolute Gasteiger partial charge is 0.420 e. The summed E-state index contributed by atoms with van der Waals surface area (Å²) in [6, 6.07) is 6.31. The van der Waals surface area contributed by atoms with E-state index in [-0.39, 0.29) is 13.2 Å². The van der Waals surface area contributed by atoms with Crippen LogP contribution in [0, 0.1) is 0 Å².